The molecule has 4 rings (SSSR count). The van der Waals surface area contributed by atoms with Crippen molar-refractivity contribution in [1.29, 1.82) is 0 Å². The third-order valence-corrected chi connectivity index (χ3v) is 5.09. The highest BCUT2D eigenvalue weighted by Gasteiger charge is 2.12. The number of halogens is 1. The van der Waals surface area contributed by atoms with Gasteiger partial charge in [-0.05, 0) is 42.3 Å². The molecular formula is C19H15FN4OS. The first kappa shape index (κ1) is 16.4. The molecule has 0 saturated heterocycles. The molecule has 0 aliphatic heterocycles. The third kappa shape index (κ3) is 3.21. The molecule has 2 aromatic carbocycles. The fraction of sp³-hybridized carbons (Fsp3) is 0.105. The Morgan fingerprint density at radius 3 is 2.92 bits per heavy atom. The van der Waals surface area contributed by atoms with Crippen LogP contribution in [0.4, 0.5) is 4.39 Å². The minimum absolute atomic E-state index is 0.235. The summed E-state index contributed by atoms with van der Waals surface area (Å²) in [7, 11) is 0. The summed E-state index contributed by atoms with van der Waals surface area (Å²) >= 11 is 1.51. The molecule has 2 heterocycles. The highest BCUT2D eigenvalue weighted by molar-refractivity contribution is 7.20. The molecule has 0 bridgehead atoms. The molecule has 0 atom stereocenters. The lowest BCUT2D eigenvalue weighted by Crippen LogP contribution is -2.22. The molecule has 0 aliphatic carbocycles. The van der Waals surface area contributed by atoms with Crippen LogP contribution in [0.3, 0.4) is 0 Å². The number of hydrogen-bond acceptors (Lipinski definition) is 4. The molecule has 2 aromatic heterocycles. The molecule has 0 unspecified atom stereocenters. The van der Waals surface area contributed by atoms with E-state index in [1.165, 1.54) is 29.7 Å². The van der Waals surface area contributed by atoms with Gasteiger partial charge in [0, 0.05) is 12.7 Å². The van der Waals surface area contributed by atoms with Gasteiger partial charge in [-0.3, -0.25) is 4.79 Å². The van der Waals surface area contributed by atoms with Crippen molar-refractivity contribution in [2.24, 2.45) is 0 Å². The predicted molar refractivity (Wildman–Crippen MR) is 99.0 cm³/mol. The van der Waals surface area contributed by atoms with Gasteiger partial charge in [-0.25, -0.2) is 14.1 Å². The second kappa shape index (κ2) is 6.68. The van der Waals surface area contributed by atoms with Crippen LogP contribution >= 0.6 is 11.3 Å². The van der Waals surface area contributed by atoms with E-state index in [4.69, 9.17) is 0 Å². The molecule has 1 N–H and O–H groups in total. The third-order valence-electron chi connectivity index (χ3n) is 4.07. The highest BCUT2D eigenvalue weighted by Crippen LogP contribution is 2.24. The zero-order valence-corrected chi connectivity index (χ0v) is 14.8. The number of benzene rings is 2. The first-order chi connectivity index (χ1) is 12.6. The van der Waals surface area contributed by atoms with Gasteiger partial charge in [0.05, 0.1) is 22.0 Å². The van der Waals surface area contributed by atoms with E-state index < -0.39 is 0 Å². The fourth-order valence-electron chi connectivity index (χ4n) is 2.64. The minimum atomic E-state index is -0.283. The lowest BCUT2D eigenvalue weighted by atomic mass is 10.1. The first-order valence-corrected chi connectivity index (χ1v) is 8.85. The monoisotopic (exact) mass is 366 g/mol. The SMILES string of the molecule is Cc1cc(F)ccc1CNC(=O)c1cnn(-c2nc3ccccc3s2)c1. The highest BCUT2D eigenvalue weighted by atomic mass is 32.1. The summed E-state index contributed by atoms with van der Waals surface area (Å²) in [6.45, 7) is 2.15. The summed E-state index contributed by atoms with van der Waals surface area (Å²) in [4.78, 5) is 16.9. The van der Waals surface area contributed by atoms with E-state index >= 15 is 0 Å². The summed E-state index contributed by atoms with van der Waals surface area (Å²) in [5.74, 6) is -0.518. The molecule has 0 radical (unpaired) electrons. The van der Waals surface area contributed by atoms with Crippen LogP contribution in [0.25, 0.3) is 15.3 Å². The molecule has 0 aliphatic rings. The minimum Gasteiger partial charge on any atom is -0.348 e. The van der Waals surface area contributed by atoms with Crippen molar-refractivity contribution in [3.8, 4) is 5.13 Å². The number of fused-ring (bicyclic) bond motifs is 1. The van der Waals surface area contributed by atoms with Gasteiger partial charge >= 0.3 is 0 Å². The number of amides is 1. The van der Waals surface area contributed by atoms with Gasteiger partial charge in [-0.2, -0.15) is 5.10 Å². The van der Waals surface area contributed by atoms with Crippen molar-refractivity contribution in [3.63, 3.8) is 0 Å². The second-order valence-corrected chi connectivity index (χ2v) is 6.90. The smallest absolute Gasteiger partial charge is 0.254 e. The molecule has 0 saturated carbocycles. The van der Waals surface area contributed by atoms with Crippen LogP contribution in [-0.2, 0) is 6.54 Å². The van der Waals surface area contributed by atoms with Gasteiger partial charge in [0.1, 0.15) is 5.82 Å². The van der Waals surface area contributed by atoms with E-state index in [1.807, 2.05) is 31.2 Å². The Bertz CT molecular complexity index is 1070. The maximum atomic E-state index is 13.1. The summed E-state index contributed by atoms with van der Waals surface area (Å²) in [5, 5.41) is 7.78. The van der Waals surface area contributed by atoms with Gasteiger partial charge in [0.25, 0.3) is 5.91 Å². The molecule has 0 fully saturated rings. The number of hydrogen-bond donors (Lipinski definition) is 1. The summed E-state index contributed by atoms with van der Waals surface area (Å²) < 4.78 is 15.8. The molecular weight excluding hydrogens is 351 g/mol. The quantitative estimate of drug-likeness (QED) is 0.597. The van der Waals surface area contributed by atoms with Crippen molar-refractivity contribution in [2.45, 2.75) is 13.5 Å². The zero-order valence-electron chi connectivity index (χ0n) is 13.9. The lowest BCUT2D eigenvalue weighted by Gasteiger charge is -2.07. The zero-order chi connectivity index (χ0) is 18.1. The Morgan fingerprint density at radius 1 is 1.27 bits per heavy atom. The van der Waals surface area contributed by atoms with Gasteiger partial charge in [-0.15, -0.1) is 0 Å². The van der Waals surface area contributed by atoms with Crippen LogP contribution in [0.2, 0.25) is 0 Å². The number of carbonyl (C=O) groups excluding carboxylic acids is 1. The average molecular weight is 366 g/mol. The van der Waals surface area contributed by atoms with Crippen molar-refractivity contribution >= 4 is 27.5 Å². The Balaban J connectivity index is 1.49. The fourth-order valence-corrected chi connectivity index (χ4v) is 3.54. The van der Waals surface area contributed by atoms with E-state index in [0.29, 0.717) is 17.2 Å². The lowest BCUT2D eigenvalue weighted by molar-refractivity contribution is 0.0951. The Hall–Kier alpha value is -3.06. The van der Waals surface area contributed by atoms with E-state index in [2.05, 4.69) is 15.4 Å². The Labute approximate surface area is 153 Å². The van der Waals surface area contributed by atoms with Crippen molar-refractivity contribution in [1.82, 2.24) is 20.1 Å². The summed E-state index contributed by atoms with van der Waals surface area (Å²) in [5.41, 5.74) is 3.03. The molecule has 0 spiro atoms. The second-order valence-electron chi connectivity index (χ2n) is 5.89. The standard InChI is InChI=1S/C19H15FN4OS/c1-12-8-15(20)7-6-13(12)9-21-18(25)14-10-22-24(11-14)19-23-16-4-2-3-5-17(16)26-19/h2-8,10-11H,9H2,1H3,(H,21,25). The van der Waals surface area contributed by atoms with E-state index in [9.17, 15) is 9.18 Å². The van der Waals surface area contributed by atoms with E-state index in [-0.39, 0.29) is 11.7 Å². The van der Waals surface area contributed by atoms with Crippen molar-refractivity contribution in [2.75, 3.05) is 0 Å². The van der Waals surface area contributed by atoms with Gasteiger partial charge in [0.15, 0.2) is 0 Å². The first-order valence-electron chi connectivity index (χ1n) is 8.04. The van der Waals surface area contributed by atoms with Gasteiger partial charge in [-0.1, -0.05) is 29.5 Å². The number of nitrogens with one attached hydrogen (secondary N) is 1. The predicted octanol–water partition coefficient (Wildman–Crippen LogP) is 3.86. The number of nitrogens with zero attached hydrogens (tertiary/aromatic N) is 3. The maximum Gasteiger partial charge on any atom is 0.254 e. The Kier molecular flexibility index (Phi) is 4.22. The van der Waals surface area contributed by atoms with E-state index in [1.54, 1.807) is 16.9 Å². The number of rotatable bonds is 4. The molecule has 130 valence electrons. The van der Waals surface area contributed by atoms with Crippen LogP contribution in [-0.4, -0.2) is 20.7 Å². The van der Waals surface area contributed by atoms with Crippen LogP contribution in [0.5, 0.6) is 0 Å². The van der Waals surface area contributed by atoms with E-state index in [0.717, 1.165) is 21.3 Å². The maximum absolute atomic E-state index is 13.1. The normalized spacial score (nSPS) is 11.0. The van der Waals surface area contributed by atoms with Crippen LogP contribution in [0.15, 0.2) is 54.9 Å². The molecule has 5 nitrogen and oxygen atoms in total. The van der Waals surface area contributed by atoms with Gasteiger partial charge < -0.3 is 5.32 Å². The summed E-state index contributed by atoms with van der Waals surface area (Å²) in [6.07, 6.45) is 3.17. The molecule has 7 heteroatoms. The van der Waals surface area contributed by atoms with Gasteiger partial charge in [0.2, 0.25) is 5.13 Å². The number of aryl methyl sites for hydroxylation is 1. The number of thiazole rings is 1. The average Bonchev–Trinajstić information content (AvgIpc) is 3.27. The van der Waals surface area contributed by atoms with Crippen molar-refractivity contribution in [3.05, 3.63) is 77.4 Å². The van der Waals surface area contributed by atoms with Crippen LogP contribution < -0.4 is 5.32 Å². The van der Waals surface area contributed by atoms with Crippen LogP contribution in [0.1, 0.15) is 21.5 Å². The van der Waals surface area contributed by atoms with Crippen molar-refractivity contribution < 1.29 is 9.18 Å². The summed E-state index contributed by atoms with van der Waals surface area (Å²) in [6, 6.07) is 12.4. The molecule has 1 amide bonds. The topological polar surface area (TPSA) is 59.8 Å². The number of aromatic nitrogens is 3. The van der Waals surface area contributed by atoms with Crippen LogP contribution in [0, 0.1) is 12.7 Å². The largest absolute Gasteiger partial charge is 0.348 e. The molecule has 26 heavy (non-hydrogen) atoms. The molecule has 4 aromatic rings. The number of para-hydroxylation sites is 1. The number of carbonyl (C=O) groups is 1. The Morgan fingerprint density at radius 2 is 2.12 bits per heavy atom.